The van der Waals surface area contributed by atoms with Crippen molar-refractivity contribution in [1.29, 1.82) is 0 Å². The molecule has 0 aromatic heterocycles. The van der Waals surface area contributed by atoms with Gasteiger partial charge in [-0.1, -0.05) is 24.0 Å². The molecule has 0 heteroatoms. The van der Waals surface area contributed by atoms with E-state index in [1.165, 1.54) is 22.3 Å². The summed E-state index contributed by atoms with van der Waals surface area (Å²) in [7, 11) is 0. The molecule has 0 nitrogen and oxygen atoms in total. The van der Waals surface area contributed by atoms with Gasteiger partial charge in [0.1, 0.15) is 0 Å². The Bertz CT molecular complexity index is 704. The van der Waals surface area contributed by atoms with Crippen LogP contribution in [0, 0.1) is 29.7 Å². The van der Waals surface area contributed by atoms with Crippen LogP contribution in [0.1, 0.15) is 36.1 Å². The second-order valence-electron chi connectivity index (χ2n) is 4.56. The minimum absolute atomic E-state index is 0.934. The lowest BCUT2D eigenvalue weighted by molar-refractivity contribution is 1.25. The zero-order valence-electron chi connectivity index (χ0n) is 11.1. The molecular formula is C19H13. The quantitative estimate of drug-likeness (QED) is 0.525. The van der Waals surface area contributed by atoms with Crippen LogP contribution in [0.15, 0.2) is 30.3 Å². The van der Waals surface area contributed by atoms with Gasteiger partial charge in [-0.25, -0.2) is 0 Å². The fourth-order valence-corrected chi connectivity index (χ4v) is 2.55. The zero-order valence-corrected chi connectivity index (χ0v) is 11.1. The molecule has 19 heavy (non-hydrogen) atoms. The first kappa shape index (κ1) is 11.6. The molecule has 0 saturated carbocycles. The Labute approximate surface area is 114 Å². The molecule has 0 spiro atoms. The Morgan fingerprint density at radius 1 is 0.947 bits per heavy atom. The molecule has 1 aliphatic carbocycles. The number of hydrogen-bond acceptors (Lipinski definition) is 0. The van der Waals surface area contributed by atoms with Crippen LogP contribution < -0.4 is 0 Å². The van der Waals surface area contributed by atoms with Crippen molar-refractivity contribution < 1.29 is 0 Å². The predicted molar refractivity (Wildman–Crippen MR) is 78.6 cm³/mol. The summed E-state index contributed by atoms with van der Waals surface area (Å²) in [5, 5.41) is 0. The van der Waals surface area contributed by atoms with Gasteiger partial charge in [0.25, 0.3) is 0 Å². The molecule has 0 atom stereocenters. The van der Waals surface area contributed by atoms with E-state index in [1.54, 1.807) is 0 Å². The molecule has 0 unspecified atom stereocenters. The minimum Gasteiger partial charge on any atom is -0.101 e. The summed E-state index contributed by atoms with van der Waals surface area (Å²) < 4.78 is 0. The first-order valence-electron chi connectivity index (χ1n) is 6.36. The smallest absolute Gasteiger partial charge is 0.0327 e. The van der Waals surface area contributed by atoms with E-state index >= 15 is 0 Å². The van der Waals surface area contributed by atoms with E-state index in [9.17, 15) is 0 Å². The highest BCUT2D eigenvalue weighted by Crippen LogP contribution is 2.36. The fraction of sp³-hybridized carbons (Fsp3) is 0.158. The average Bonchev–Trinajstić information content (AvgIpc) is 2.76. The van der Waals surface area contributed by atoms with Gasteiger partial charge in [-0.2, -0.15) is 0 Å². The van der Waals surface area contributed by atoms with Crippen molar-refractivity contribution in [3.63, 3.8) is 0 Å². The van der Waals surface area contributed by atoms with Crippen LogP contribution in [0.25, 0.3) is 11.1 Å². The summed E-state index contributed by atoms with van der Waals surface area (Å²) in [6, 6.07) is 14.1. The molecule has 0 N–H and O–H groups in total. The molecule has 1 aliphatic rings. The second kappa shape index (κ2) is 4.68. The Balaban J connectivity index is 2.08. The van der Waals surface area contributed by atoms with Gasteiger partial charge in [0.05, 0.1) is 0 Å². The molecule has 3 rings (SSSR count). The SMILES string of the molecule is CC#Cc1[c]c2c(cc1)-c1ccc(C#CC)cc1C2. The maximum absolute atomic E-state index is 3.41. The normalized spacial score (nSPS) is 10.6. The first-order valence-corrected chi connectivity index (χ1v) is 6.36. The molecule has 0 amide bonds. The van der Waals surface area contributed by atoms with Crippen LogP contribution in [0.5, 0.6) is 0 Å². The van der Waals surface area contributed by atoms with Gasteiger partial charge in [-0.3, -0.25) is 0 Å². The molecule has 0 aliphatic heterocycles. The van der Waals surface area contributed by atoms with Crippen molar-refractivity contribution in [2.45, 2.75) is 20.3 Å². The van der Waals surface area contributed by atoms with Crippen LogP contribution in [-0.4, -0.2) is 0 Å². The highest BCUT2D eigenvalue weighted by atomic mass is 14.2. The molecule has 0 saturated heterocycles. The summed E-state index contributed by atoms with van der Waals surface area (Å²) in [4.78, 5) is 0. The molecule has 89 valence electrons. The summed E-state index contributed by atoms with van der Waals surface area (Å²) in [5.74, 6) is 12.0. The largest absolute Gasteiger partial charge is 0.101 e. The van der Waals surface area contributed by atoms with E-state index in [0.717, 1.165) is 17.5 Å². The molecule has 0 heterocycles. The van der Waals surface area contributed by atoms with Crippen molar-refractivity contribution in [3.8, 4) is 34.8 Å². The monoisotopic (exact) mass is 241 g/mol. The summed E-state index contributed by atoms with van der Waals surface area (Å²) in [5.41, 5.74) is 7.24. The number of benzene rings is 2. The highest BCUT2D eigenvalue weighted by Gasteiger charge is 2.18. The Morgan fingerprint density at radius 2 is 1.74 bits per heavy atom. The third kappa shape index (κ3) is 2.03. The first-order chi connectivity index (χ1) is 9.31. The van der Waals surface area contributed by atoms with E-state index in [2.05, 4.69) is 54.0 Å². The number of hydrogen-bond donors (Lipinski definition) is 0. The standard InChI is InChI=1S/C19H13/c1-3-5-14-7-9-18-16(11-14)13-17-12-15(6-4-2)8-10-19(17)18/h7-11H,13H2,1-2H3. The van der Waals surface area contributed by atoms with Gasteiger partial charge >= 0.3 is 0 Å². The van der Waals surface area contributed by atoms with Gasteiger partial charge in [0.15, 0.2) is 0 Å². The van der Waals surface area contributed by atoms with Crippen molar-refractivity contribution in [1.82, 2.24) is 0 Å². The van der Waals surface area contributed by atoms with Crippen molar-refractivity contribution in [3.05, 3.63) is 58.7 Å². The lowest BCUT2D eigenvalue weighted by Gasteiger charge is -2.01. The Morgan fingerprint density at radius 3 is 2.53 bits per heavy atom. The highest BCUT2D eigenvalue weighted by molar-refractivity contribution is 5.78. The van der Waals surface area contributed by atoms with Crippen LogP contribution in [-0.2, 0) is 6.42 Å². The fourth-order valence-electron chi connectivity index (χ4n) is 2.55. The number of rotatable bonds is 0. The molecule has 2 aromatic rings. The second-order valence-corrected chi connectivity index (χ2v) is 4.56. The maximum atomic E-state index is 3.41. The predicted octanol–water partition coefficient (Wildman–Crippen LogP) is 3.80. The van der Waals surface area contributed by atoms with Crippen LogP contribution in [0.3, 0.4) is 0 Å². The lowest BCUT2D eigenvalue weighted by Crippen LogP contribution is -1.83. The van der Waals surface area contributed by atoms with Crippen LogP contribution in [0.4, 0.5) is 0 Å². The topological polar surface area (TPSA) is 0 Å². The summed E-state index contributed by atoms with van der Waals surface area (Å²) in [6.45, 7) is 3.72. The molecule has 0 fully saturated rings. The lowest BCUT2D eigenvalue weighted by atomic mass is 10.0. The van der Waals surface area contributed by atoms with Gasteiger partial charge in [-0.15, -0.1) is 11.8 Å². The van der Waals surface area contributed by atoms with Gasteiger partial charge in [0, 0.05) is 17.2 Å². The molecule has 0 bridgehead atoms. The Kier molecular flexibility index (Phi) is 2.86. The van der Waals surface area contributed by atoms with Crippen molar-refractivity contribution in [2.24, 2.45) is 0 Å². The third-order valence-electron chi connectivity index (χ3n) is 3.32. The zero-order chi connectivity index (χ0) is 13.2. The molecule has 1 radical (unpaired) electrons. The number of fused-ring (bicyclic) bond motifs is 3. The van der Waals surface area contributed by atoms with E-state index in [0.29, 0.717) is 0 Å². The summed E-state index contributed by atoms with van der Waals surface area (Å²) in [6.07, 6.45) is 0.934. The van der Waals surface area contributed by atoms with E-state index in [4.69, 9.17) is 0 Å². The maximum Gasteiger partial charge on any atom is 0.0327 e. The molecule has 2 aromatic carbocycles. The van der Waals surface area contributed by atoms with Gasteiger partial charge in [-0.05, 0) is 60.7 Å². The third-order valence-corrected chi connectivity index (χ3v) is 3.32. The van der Waals surface area contributed by atoms with E-state index in [1.807, 2.05) is 19.9 Å². The van der Waals surface area contributed by atoms with E-state index < -0.39 is 0 Å². The van der Waals surface area contributed by atoms with Crippen molar-refractivity contribution >= 4 is 0 Å². The van der Waals surface area contributed by atoms with Crippen LogP contribution >= 0.6 is 0 Å². The van der Waals surface area contributed by atoms with Crippen LogP contribution in [0.2, 0.25) is 0 Å². The molecular weight excluding hydrogens is 228 g/mol. The van der Waals surface area contributed by atoms with Gasteiger partial charge < -0.3 is 0 Å². The summed E-state index contributed by atoms with van der Waals surface area (Å²) >= 11 is 0. The minimum atomic E-state index is 0.934. The Hall–Kier alpha value is -2.44. The van der Waals surface area contributed by atoms with E-state index in [-0.39, 0.29) is 0 Å². The average molecular weight is 241 g/mol. The van der Waals surface area contributed by atoms with Gasteiger partial charge in [0.2, 0.25) is 0 Å². The van der Waals surface area contributed by atoms with Crippen molar-refractivity contribution in [2.75, 3.05) is 0 Å².